The number of hydrogen-bond donors (Lipinski definition) is 0. The molecule has 0 radical (unpaired) electrons. The first-order valence-electron chi connectivity index (χ1n) is 11.9. The summed E-state index contributed by atoms with van der Waals surface area (Å²) in [5, 5.41) is 5.74. The Morgan fingerprint density at radius 3 is 2.64 bits per heavy atom. The molecule has 2 fully saturated rings. The van der Waals surface area contributed by atoms with Gasteiger partial charge in [-0.25, -0.2) is 9.50 Å². The van der Waals surface area contributed by atoms with E-state index >= 15 is 0 Å². The van der Waals surface area contributed by atoms with Gasteiger partial charge in [0.05, 0.1) is 24.9 Å². The summed E-state index contributed by atoms with van der Waals surface area (Å²) < 4.78 is 7.10. The van der Waals surface area contributed by atoms with Gasteiger partial charge in [0.15, 0.2) is 0 Å². The summed E-state index contributed by atoms with van der Waals surface area (Å²) in [6.45, 7) is 8.73. The average molecular weight is 469 g/mol. The molecule has 2 aliphatic rings. The number of amides is 1. The van der Waals surface area contributed by atoms with E-state index in [-0.39, 0.29) is 5.92 Å². The van der Waals surface area contributed by atoms with Crippen LogP contribution in [0.4, 0.5) is 5.13 Å². The summed E-state index contributed by atoms with van der Waals surface area (Å²) in [6.07, 6.45) is 5.13. The Morgan fingerprint density at radius 2 is 1.94 bits per heavy atom. The highest BCUT2D eigenvalue weighted by atomic mass is 32.1. The quantitative estimate of drug-likeness (QED) is 0.553. The minimum Gasteiger partial charge on any atom is -0.497 e. The van der Waals surface area contributed by atoms with Crippen molar-refractivity contribution in [3.8, 4) is 17.0 Å². The summed E-state index contributed by atoms with van der Waals surface area (Å²) >= 11 is 1.59. The highest BCUT2D eigenvalue weighted by Gasteiger charge is 2.32. The van der Waals surface area contributed by atoms with E-state index in [0.717, 1.165) is 85.8 Å². The van der Waals surface area contributed by atoms with Gasteiger partial charge in [-0.15, -0.1) is 5.10 Å². The molecule has 0 N–H and O–H groups in total. The van der Waals surface area contributed by atoms with Crippen LogP contribution in [-0.4, -0.2) is 83.2 Å². The van der Waals surface area contributed by atoms with Crippen molar-refractivity contribution in [1.82, 2.24) is 24.4 Å². The zero-order valence-corrected chi connectivity index (χ0v) is 20.3. The van der Waals surface area contributed by atoms with Crippen molar-refractivity contribution in [1.29, 1.82) is 0 Å². The lowest BCUT2D eigenvalue weighted by Crippen LogP contribution is -2.52. The summed E-state index contributed by atoms with van der Waals surface area (Å²) in [5.74, 6) is 1.21. The smallest absolute Gasteiger partial charge is 0.227 e. The molecular formula is C24H32N6O2S. The zero-order chi connectivity index (χ0) is 22.8. The highest BCUT2D eigenvalue weighted by Crippen LogP contribution is 2.30. The van der Waals surface area contributed by atoms with Crippen LogP contribution in [0.15, 0.2) is 30.5 Å². The molecular weight excluding hydrogens is 436 g/mol. The molecule has 1 atom stereocenters. The van der Waals surface area contributed by atoms with Gasteiger partial charge in [0.2, 0.25) is 16.0 Å². The van der Waals surface area contributed by atoms with Crippen molar-refractivity contribution in [2.75, 3.05) is 57.8 Å². The van der Waals surface area contributed by atoms with Gasteiger partial charge in [-0.2, -0.15) is 0 Å². The number of methoxy groups -OCH3 is 1. The molecule has 3 aromatic rings. The number of carbonyl (C=O) groups excluding carboxylic acids is 1. The number of piperidine rings is 1. The fourth-order valence-electron chi connectivity index (χ4n) is 4.84. The van der Waals surface area contributed by atoms with Gasteiger partial charge in [0.1, 0.15) is 5.75 Å². The molecule has 1 amide bonds. The summed E-state index contributed by atoms with van der Waals surface area (Å²) in [5.41, 5.74) is 1.94. The summed E-state index contributed by atoms with van der Waals surface area (Å²) in [7, 11) is 1.67. The van der Waals surface area contributed by atoms with E-state index in [1.807, 2.05) is 35.0 Å². The Hall–Kier alpha value is -2.65. The Balaban J connectivity index is 1.24. The summed E-state index contributed by atoms with van der Waals surface area (Å²) in [6, 6.07) is 7.90. The number of benzene rings is 1. The van der Waals surface area contributed by atoms with E-state index in [9.17, 15) is 4.79 Å². The maximum Gasteiger partial charge on any atom is 0.227 e. The third-order valence-corrected chi connectivity index (χ3v) is 7.67. The van der Waals surface area contributed by atoms with Gasteiger partial charge < -0.3 is 14.5 Å². The van der Waals surface area contributed by atoms with Gasteiger partial charge in [0, 0.05) is 44.8 Å². The maximum absolute atomic E-state index is 13.2. The monoisotopic (exact) mass is 468 g/mol. The van der Waals surface area contributed by atoms with Crippen LogP contribution in [-0.2, 0) is 4.79 Å². The molecule has 176 valence electrons. The average Bonchev–Trinajstić information content (AvgIpc) is 3.44. The van der Waals surface area contributed by atoms with Crippen LogP contribution in [0.5, 0.6) is 5.75 Å². The van der Waals surface area contributed by atoms with Gasteiger partial charge in [0.25, 0.3) is 0 Å². The van der Waals surface area contributed by atoms with Gasteiger partial charge in [-0.3, -0.25) is 9.69 Å². The number of anilines is 1. The first-order valence-corrected chi connectivity index (χ1v) is 12.7. The second kappa shape index (κ2) is 9.69. The molecule has 2 saturated heterocycles. The molecule has 2 aliphatic heterocycles. The topological polar surface area (TPSA) is 66.2 Å². The van der Waals surface area contributed by atoms with Crippen LogP contribution in [0.3, 0.4) is 0 Å². The predicted octanol–water partition coefficient (Wildman–Crippen LogP) is 3.24. The van der Waals surface area contributed by atoms with E-state index in [1.54, 1.807) is 18.4 Å². The van der Waals surface area contributed by atoms with E-state index in [0.29, 0.717) is 5.91 Å². The highest BCUT2D eigenvalue weighted by molar-refractivity contribution is 7.20. The van der Waals surface area contributed by atoms with E-state index < -0.39 is 0 Å². The predicted molar refractivity (Wildman–Crippen MR) is 131 cm³/mol. The second-order valence-electron chi connectivity index (χ2n) is 8.92. The molecule has 8 nitrogen and oxygen atoms in total. The number of piperazine rings is 1. The van der Waals surface area contributed by atoms with Crippen molar-refractivity contribution in [2.45, 2.75) is 26.2 Å². The molecule has 5 rings (SSSR count). The van der Waals surface area contributed by atoms with E-state index in [1.165, 1.54) is 6.42 Å². The number of ether oxygens (including phenoxy) is 1. The Morgan fingerprint density at radius 1 is 1.15 bits per heavy atom. The van der Waals surface area contributed by atoms with Crippen LogP contribution in [0.1, 0.15) is 26.2 Å². The Labute approximate surface area is 198 Å². The lowest BCUT2D eigenvalue weighted by atomic mass is 9.96. The molecule has 0 bridgehead atoms. The van der Waals surface area contributed by atoms with Crippen molar-refractivity contribution in [3.05, 3.63) is 30.5 Å². The second-order valence-corrected chi connectivity index (χ2v) is 9.85. The first kappa shape index (κ1) is 22.2. The summed E-state index contributed by atoms with van der Waals surface area (Å²) in [4.78, 5) is 25.7. The fraction of sp³-hybridized carbons (Fsp3) is 0.542. The number of nitrogens with zero attached hydrogens (tertiary/aromatic N) is 6. The van der Waals surface area contributed by atoms with Crippen molar-refractivity contribution >= 4 is 27.3 Å². The number of hydrogen-bond acceptors (Lipinski definition) is 7. The van der Waals surface area contributed by atoms with Gasteiger partial charge >= 0.3 is 0 Å². The van der Waals surface area contributed by atoms with E-state index in [2.05, 4.69) is 21.6 Å². The normalized spacial score (nSPS) is 19.9. The van der Waals surface area contributed by atoms with Crippen LogP contribution in [0.25, 0.3) is 16.2 Å². The fourth-order valence-corrected chi connectivity index (χ4v) is 5.76. The molecule has 1 aromatic carbocycles. The maximum atomic E-state index is 13.2. The largest absolute Gasteiger partial charge is 0.497 e. The third-order valence-electron chi connectivity index (χ3n) is 6.68. The molecule has 0 saturated carbocycles. The Kier molecular flexibility index (Phi) is 6.50. The zero-order valence-electron chi connectivity index (χ0n) is 19.4. The molecule has 0 spiro atoms. The number of rotatable bonds is 6. The SMILES string of the molecule is CCCN1CCN(C(=O)[C@H]2CCCN(c3nn4cc(-c5ccc(OC)cc5)nc4s3)C2)CC1. The third kappa shape index (κ3) is 4.70. The number of imidazole rings is 1. The standard InChI is InChI=1S/C24H32N6O2S/c1-3-10-27-12-14-28(15-13-27)22(31)19-5-4-11-29(16-19)24-26-30-17-21(25-23(30)33-24)18-6-8-20(32-2)9-7-18/h6-9,17,19H,3-5,10-16H2,1-2H3/t19-/m0/s1. The molecule has 33 heavy (non-hydrogen) atoms. The number of fused-ring (bicyclic) bond motifs is 1. The molecule has 4 heterocycles. The molecule has 2 aromatic heterocycles. The van der Waals surface area contributed by atoms with E-state index in [4.69, 9.17) is 14.8 Å². The minimum absolute atomic E-state index is 0.0579. The van der Waals surface area contributed by atoms with Crippen LogP contribution < -0.4 is 9.64 Å². The molecule has 0 aliphatic carbocycles. The lowest BCUT2D eigenvalue weighted by molar-refractivity contribution is -0.137. The number of carbonyl (C=O) groups is 1. The van der Waals surface area contributed by atoms with Crippen molar-refractivity contribution in [3.63, 3.8) is 0 Å². The minimum atomic E-state index is 0.0579. The van der Waals surface area contributed by atoms with Gasteiger partial charge in [-0.05, 0) is 50.1 Å². The number of aromatic nitrogens is 3. The first-order chi connectivity index (χ1) is 16.1. The van der Waals surface area contributed by atoms with Crippen molar-refractivity contribution < 1.29 is 9.53 Å². The Bertz CT molecular complexity index is 1050. The van der Waals surface area contributed by atoms with Crippen molar-refractivity contribution in [2.24, 2.45) is 5.92 Å². The van der Waals surface area contributed by atoms with Crippen LogP contribution in [0.2, 0.25) is 0 Å². The van der Waals surface area contributed by atoms with Crippen LogP contribution in [0, 0.1) is 5.92 Å². The van der Waals surface area contributed by atoms with Gasteiger partial charge in [-0.1, -0.05) is 18.3 Å². The molecule has 9 heteroatoms. The van der Waals surface area contributed by atoms with Crippen LogP contribution >= 0.6 is 11.3 Å². The molecule has 0 unspecified atom stereocenters. The lowest BCUT2D eigenvalue weighted by Gasteiger charge is -2.38.